The number of nitrogens with one attached hydrogen (secondary N) is 1. The normalized spacial score (nSPS) is 10.7. The van der Waals surface area contributed by atoms with Gasteiger partial charge in [-0.2, -0.15) is 0 Å². The molecule has 0 atom stereocenters. The molecule has 5 nitrogen and oxygen atoms in total. The van der Waals surface area contributed by atoms with E-state index in [2.05, 4.69) is 24.1 Å². The van der Waals surface area contributed by atoms with E-state index in [4.69, 9.17) is 9.47 Å². The summed E-state index contributed by atoms with van der Waals surface area (Å²) in [5.74, 6) is 1.73. The maximum absolute atomic E-state index is 12.1. The summed E-state index contributed by atoms with van der Waals surface area (Å²) in [6, 6.07) is 15.5. The first kappa shape index (κ1) is 19.9. The SMILES string of the molecule is CCOc1ccc(-c2csc(NC(=O)COc3ccc(C(C)C)cc3)n2)cc1. The number of carbonyl (C=O) groups is 1. The second kappa shape index (κ2) is 9.37. The zero-order chi connectivity index (χ0) is 19.9. The molecule has 0 radical (unpaired) electrons. The van der Waals surface area contributed by atoms with E-state index in [1.807, 2.05) is 60.8 Å². The number of nitrogens with zero attached hydrogens (tertiary/aromatic N) is 1. The van der Waals surface area contributed by atoms with Crippen LogP contribution < -0.4 is 14.8 Å². The Balaban J connectivity index is 1.53. The van der Waals surface area contributed by atoms with Crippen molar-refractivity contribution >= 4 is 22.4 Å². The van der Waals surface area contributed by atoms with E-state index in [1.165, 1.54) is 16.9 Å². The summed E-state index contributed by atoms with van der Waals surface area (Å²) in [5.41, 5.74) is 3.02. The molecule has 0 aliphatic rings. The Morgan fingerprint density at radius 2 is 1.68 bits per heavy atom. The van der Waals surface area contributed by atoms with Crippen LogP contribution in [-0.2, 0) is 4.79 Å². The molecule has 0 aliphatic carbocycles. The van der Waals surface area contributed by atoms with Gasteiger partial charge in [0.05, 0.1) is 12.3 Å². The summed E-state index contributed by atoms with van der Waals surface area (Å²) in [6.45, 7) is 6.81. The molecule has 0 unspecified atom stereocenters. The molecular formula is C22H24N2O3S. The number of carbonyl (C=O) groups excluding carboxylic acids is 1. The van der Waals surface area contributed by atoms with Crippen LogP contribution >= 0.6 is 11.3 Å². The van der Waals surface area contributed by atoms with Gasteiger partial charge in [0.25, 0.3) is 5.91 Å². The minimum atomic E-state index is -0.236. The highest BCUT2D eigenvalue weighted by Gasteiger charge is 2.09. The Bertz CT molecular complexity index is 902. The van der Waals surface area contributed by atoms with E-state index >= 15 is 0 Å². The molecule has 0 fully saturated rings. The molecule has 3 aromatic rings. The van der Waals surface area contributed by atoms with E-state index in [0.717, 1.165) is 17.0 Å². The van der Waals surface area contributed by atoms with Gasteiger partial charge >= 0.3 is 0 Å². The Morgan fingerprint density at radius 3 is 2.32 bits per heavy atom. The van der Waals surface area contributed by atoms with Crippen molar-refractivity contribution in [1.82, 2.24) is 4.98 Å². The van der Waals surface area contributed by atoms with Crippen molar-refractivity contribution in [3.63, 3.8) is 0 Å². The zero-order valence-electron chi connectivity index (χ0n) is 16.3. The number of hydrogen-bond acceptors (Lipinski definition) is 5. The van der Waals surface area contributed by atoms with Gasteiger partial charge < -0.3 is 9.47 Å². The summed E-state index contributed by atoms with van der Waals surface area (Å²) < 4.78 is 11.0. The molecule has 2 aromatic carbocycles. The molecule has 0 spiro atoms. The quantitative estimate of drug-likeness (QED) is 0.558. The summed E-state index contributed by atoms with van der Waals surface area (Å²) in [7, 11) is 0. The molecular weight excluding hydrogens is 372 g/mol. The minimum absolute atomic E-state index is 0.0566. The van der Waals surface area contributed by atoms with Crippen LogP contribution in [0.1, 0.15) is 32.3 Å². The molecule has 28 heavy (non-hydrogen) atoms. The third-order valence-electron chi connectivity index (χ3n) is 4.13. The summed E-state index contributed by atoms with van der Waals surface area (Å²) in [6.07, 6.45) is 0. The van der Waals surface area contributed by atoms with Crippen LogP contribution in [-0.4, -0.2) is 24.1 Å². The van der Waals surface area contributed by atoms with Crippen molar-refractivity contribution in [2.24, 2.45) is 0 Å². The number of hydrogen-bond donors (Lipinski definition) is 1. The van der Waals surface area contributed by atoms with Gasteiger partial charge in [-0.3, -0.25) is 10.1 Å². The molecule has 0 bridgehead atoms. The number of thiazole rings is 1. The highest BCUT2D eigenvalue weighted by atomic mass is 32.1. The molecule has 1 heterocycles. The average molecular weight is 397 g/mol. The van der Waals surface area contributed by atoms with Crippen LogP contribution in [0, 0.1) is 0 Å². The summed E-state index contributed by atoms with van der Waals surface area (Å²) in [5, 5.41) is 5.24. The van der Waals surface area contributed by atoms with Crippen LogP contribution in [0.2, 0.25) is 0 Å². The van der Waals surface area contributed by atoms with Gasteiger partial charge in [-0.15, -0.1) is 11.3 Å². The highest BCUT2D eigenvalue weighted by Crippen LogP contribution is 2.26. The number of amides is 1. The molecule has 1 aromatic heterocycles. The monoisotopic (exact) mass is 396 g/mol. The largest absolute Gasteiger partial charge is 0.494 e. The number of ether oxygens (including phenoxy) is 2. The maximum Gasteiger partial charge on any atom is 0.264 e. The van der Waals surface area contributed by atoms with Crippen molar-refractivity contribution in [2.45, 2.75) is 26.7 Å². The molecule has 0 saturated carbocycles. The lowest BCUT2D eigenvalue weighted by molar-refractivity contribution is -0.118. The first-order chi connectivity index (χ1) is 13.5. The summed E-state index contributed by atoms with van der Waals surface area (Å²) >= 11 is 1.38. The van der Waals surface area contributed by atoms with Crippen LogP contribution in [0.3, 0.4) is 0 Å². The Morgan fingerprint density at radius 1 is 1.04 bits per heavy atom. The van der Waals surface area contributed by atoms with Crippen molar-refractivity contribution in [1.29, 1.82) is 0 Å². The van der Waals surface area contributed by atoms with Gasteiger partial charge in [-0.1, -0.05) is 26.0 Å². The highest BCUT2D eigenvalue weighted by molar-refractivity contribution is 7.14. The lowest BCUT2D eigenvalue weighted by atomic mass is 10.0. The molecule has 3 rings (SSSR count). The van der Waals surface area contributed by atoms with E-state index < -0.39 is 0 Å². The van der Waals surface area contributed by atoms with Gasteiger partial charge in [0.2, 0.25) is 0 Å². The number of benzene rings is 2. The van der Waals surface area contributed by atoms with Crippen LogP contribution in [0.25, 0.3) is 11.3 Å². The standard InChI is InChI=1S/C22H24N2O3S/c1-4-26-18-11-7-17(8-12-18)20-14-28-22(23-20)24-21(25)13-27-19-9-5-16(6-10-19)15(2)3/h5-12,14-15H,4,13H2,1-3H3,(H,23,24,25). The van der Waals surface area contributed by atoms with E-state index in [1.54, 1.807) is 0 Å². The fourth-order valence-corrected chi connectivity index (χ4v) is 3.34. The molecule has 6 heteroatoms. The van der Waals surface area contributed by atoms with E-state index in [-0.39, 0.29) is 12.5 Å². The molecule has 0 aliphatic heterocycles. The van der Waals surface area contributed by atoms with Crippen LogP contribution in [0.5, 0.6) is 11.5 Å². The van der Waals surface area contributed by atoms with Crippen LogP contribution in [0.4, 0.5) is 5.13 Å². The van der Waals surface area contributed by atoms with Gasteiger partial charge in [-0.25, -0.2) is 4.98 Å². The van der Waals surface area contributed by atoms with Gasteiger partial charge in [0, 0.05) is 10.9 Å². The molecule has 1 N–H and O–H groups in total. The van der Waals surface area contributed by atoms with Gasteiger partial charge in [0.1, 0.15) is 11.5 Å². The number of rotatable bonds is 8. The third kappa shape index (κ3) is 5.33. The topological polar surface area (TPSA) is 60.5 Å². The lowest BCUT2D eigenvalue weighted by Gasteiger charge is -2.08. The smallest absolute Gasteiger partial charge is 0.264 e. The Kier molecular flexibility index (Phi) is 6.66. The van der Waals surface area contributed by atoms with Crippen molar-refractivity contribution in [3.05, 3.63) is 59.5 Å². The van der Waals surface area contributed by atoms with E-state index in [0.29, 0.717) is 23.4 Å². The minimum Gasteiger partial charge on any atom is -0.494 e. The molecule has 0 saturated heterocycles. The average Bonchev–Trinajstić information content (AvgIpc) is 3.16. The van der Waals surface area contributed by atoms with E-state index in [9.17, 15) is 4.79 Å². The Labute approximate surface area is 169 Å². The number of anilines is 1. The second-order valence-electron chi connectivity index (χ2n) is 6.56. The van der Waals surface area contributed by atoms with Gasteiger partial charge in [0.15, 0.2) is 11.7 Å². The first-order valence-corrected chi connectivity index (χ1v) is 10.1. The molecule has 146 valence electrons. The van der Waals surface area contributed by atoms with Gasteiger partial charge in [-0.05, 0) is 54.8 Å². The van der Waals surface area contributed by atoms with Crippen molar-refractivity contribution in [2.75, 3.05) is 18.5 Å². The fourth-order valence-electron chi connectivity index (χ4n) is 2.61. The maximum atomic E-state index is 12.1. The van der Waals surface area contributed by atoms with Crippen LogP contribution in [0.15, 0.2) is 53.9 Å². The third-order valence-corrected chi connectivity index (χ3v) is 4.89. The first-order valence-electron chi connectivity index (χ1n) is 9.26. The Hall–Kier alpha value is -2.86. The van der Waals surface area contributed by atoms with Crippen molar-refractivity contribution < 1.29 is 14.3 Å². The predicted molar refractivity (Wildman–Crippen MR) is 113 cm³/mol. The fraction of sp³-hybridized carbons (Fsp3) is 0.273. The lowest BCUT2D eigenvalue weighted by Crippen LogP contribution is -2.20. The summed E-state index contributed by atoms with van der Waals surface area (Å²) in [4.78, 5) is 16.6. The zero-order valence-corrected chi connectivity index (χ0v) is 17.1. The number of aromatic nitrogens is 1. The second-order valence-corrected chi connectivity index (χ2v) is 7.41. The molecule has 1 amide bonds. The van der Waals surface area contributed by atoms with Crippen molar-refractivity contribution in [3.8, 4) is 22.8 Å². The predicted octanol–water partition coefficient (Wildman–Crippen LogP) is 5.35.